The van der Waals surface area contributed by atoms with Crippen molar-refractivity contribution >= 4 is 28.9 Å². The summed E-state index contributed by atoms with van der Waals surface area (Å²) in [5.74, 6) is -0.0961. The van der Waals surface area contributed by atoms with E-state index >= 15 is 0 Å². The number of hydrogen-bond donors (Lipinski definition) is 1. The number of ether oxygens (including phenoxy) is 3. The fourth-order valence-electron chi connectivity index (χ4n) is 2.98. The van der Waals surface area contributed by atoms with Crippen molar-refractivity contribution in [3.8, 4) is 11.5 Å². The molecule has 1 N–H and O–H groups in total. The van der Waals surface area contributed by atoms with Crippen LogP contribution in [0.3, 0.4) is 0 Å². The Bertz CT molecular complexity index is 856. The number of carbonyl (C=O) groups excluding carboxylic acids is 1. The number of anilines is 2. The zero-order valence-electron chi connectivity index (χ0n) is 15.8. The number of hydrogen-bond acceptors (Lipinski definition) is 5. The zero-order valence-corrected chi connectivity index (χ0v) is 16.5. The normalized spacial score (nSPS) is 13.9. The van der Waals surface area contributed by atoms with Crippen molar-refractivity contribution in [2.24, 2.45) is 0 Å². The number of nitrogens with zero attached hydrogens (tertiary/aromatic N) is 1. The highest BCUT2D eigenvalue weighted by Crippen LogP contribution is 2.36. The third-order valence-electron chi connectivity index (χ3n) is 4.34. The second-order valence-electron chi connectivity index (χ2n) is 6.14. The second-order valence-corrected chi connectivity index (χ2v) is 6.55. The van der Waals surface area contributed by atoms with Crippen molar-refractivity contribution in [2.75, 3.05) is 50.2 Å². The number of halogens is 2. The van der Waals surface area contributed by atoms with E-state index in [1.807, 2.05) is 11.8 Å². The van der Waals surface area contributed by atoms with Crippen molar-refractivity contribution in [1.82, 2.24) is 0 Å². The van der Waals surface area contributed by atoms with Gasteiger partial charge in [-0.15, -0.1) is 0 Å². The summed E-state index contributed by atoms with van der Waals surface area (Å²) in [6.07, 6.45) is 0. The van der Waals surface area contributed by atoms with Crippen LogP contribution in [0.4, 0.5) is 15.8 Å². The van der Waals surface area contributed by atoms with Crippen LogP contribution in [-0.4, -0.2) is 45.9 Å². The topological polar surface area (TPSA) is 60.0 Å². The van der Waals surface area contributed by atoms with Crippen LogP contribution in [0.15, 0.2) is 30.3 Å². The van der Waals surface area contributed by atoms with Crippen molar-refractivity contribution in [3.63, 3.8) is 0 Å². The predicted octanol–water partition coefficient (Wildman–Crippen LogP) is 3.98. The Labute approximate surface area is 168 Å². The maximum Gasteiger partial charge on any atom is 0.255 e. The van der Waals surface area contributed by atoms with Gasteiger partial charge in [0.15, 0.2) is 11.5 Å². The molecule has 1 aliphatic rings. The van der Waals surface area contributed by atoms with Crippen LogP contribution < -0.4 is 19.7 Å². The Morgan fingerprint density at radius 3 is 2.68 bits per heavy atom. The maximum absolute atomic E-state index is 14.5. The summed E-state index contributed by atoms with van der Waals surface area (Å²) in [6.45, 7) is 4.64. The van der Waals surface area contributed by atoms with Gasteiger partial charge >= 0.3 is 0 Å². The molecular formula is C20H22ClFN2O4. The molecule has 0 atom stereocenters. The summed E-state index contributed by atoms with van der Waals surface area (Å²) in [6, 6.07) is 7.64. The average molecular weight is 409 g/mol. The molecule has 0 unspecified atom stereocenters. The molecule has 2 aromatic rings. The largest absolute Gasteiger partial charge is 0.493 e. The first-order valence-corrected chi connectivity index (χ1v) is 9.35. The molecule has 0 radical (unpaired) electrons. The highest BCUT2D eigenvalue weighted by molar-refractivity contribution is 6.32. The van der Waals surface area contributed by atoms with E-state index in [4.69, 9.17) is 25.8 Å². The van der Waals surface area contributed by atoms with Crippen LogP contribution in [0.2, 0.25) is 5.02 Å². The van der Waals surface area contributed by atoms with E-state index in [1.54, 1.807) is 12.1 Å². The fourth-order valence-corrected chi connectivity index (χ4v) is 3.25. The summed E-state index contributed by atoms with van der Waals surface area (Å²) in [5, 5.41) is 2.95. The number of rotatable bonds is 6. The van der Waals surface area contributed by atoms with Crippen molar-refractivity contribution in [2.45, 2.75) is 6.92 Å². The third kappa shape index (κ3) is 4.48. The molecule has 0 bridgehead atoms. The predicted molar refractivity (Wildman–Crippen MR) is 107 cm³/mol. The summed E-state index contributed by atoms with van der Waals surface area (Å²) < 4.78 is 30.5. The summed E-state index contributed by atoms with van der Waals surface area (Å²) in [5.41, 5.74) is 1.12. The van der Waals surface area contributed by atoms with E-state index in [-0.39, 0.29) is 10.6 Å². The molecule has 6 nitrogen and oxygen atoms in total. The molecule has 2 aromatic carbocycles. The molecule has 0 aliphatic carbocycles. The Hall–Kier alpha value is -2.51. The third-order valence-corrected chi connectivity index (χ3v) is 4.62. The van der Waals surface area contributed by atoms with Crippen LogP contribution in [0.1, 0.15) is 17.3 Å². The van der Waals surface area contributed by atoms with Crippen molar-refractivity contribution in [3.05, 3.63) is 46.7 Å². The lowest BCUT2D eigenvalue weighted by Crippen LogP contribution is -2.36. The molecule has 1 aliphatic heterocycles. The number of nitrogens with one attached hydrogen (secondary N) is 1. The lowest BCUT2D eigenvalue weighted by atomic mass is 10.1. The first kappa shape index (κ1) is 20.2. The van der Waals surface area contributed by atoms with E-state index in [0.29, 0.717) is 55.8 Å². The van der Waals surface area contributed by atoms with Crippen molar-refractivity contribution < 1.29 is 23.4 Å². The zero-order chi connectivity index (χ0) is 20.1. The summed E-state index contributed by atoms with van der Waals surface area (Å²) in [4.78, 5) is 14.5. The van der Waals surface area contributed by atoms with Gasteiger partial charge in [0, 0.05) is 24.3 Å². The highest BCUT2D eigenvalue weighted by Gasteiger charge is 2.18. The van der Waals surface area contributed by atoms with E-state index in [1.165, 1.54) is 25.3 Å². The molecule has 1 heterocycles. The number of benzene rings is 2. The molecule has 1 amide bonds. The van der Waals surface area contributed by atoms with Crippen LogP contribution in [0.25, 0.3) is 0 Å². The molecule has 0 spiro atoms. The molecular weight excluding hydrogens is 387 g/mol. The minimum Gasteiger partial charge on any atom is -0.493 e. The summed E-state index contributed by atoms with van der Waals surface area (Å²) in [7, 11) is 1.47. The lowest BCUT2D eigenvalue weighted by Gasteiger charge is -2.29. The molecule has 1 fully saturated rings. The van der Waals surface area contributed by atoms with Crippen LogP contribution in [0.5, 0.6) is 11.5 Å². The molecule has 0 saturated carbocycles. The molecule has 150 valence electrons. The van der Waals surface area contributed by atoms with E-state index in [2.05, 4.69) is 5.32 Å². The van der Waals surface area contributed by atoms with E-state index in [9.17, 15) is 9.18 Å². The SMILES string of the molecule is CCOc1c(Cl)cc(C(=O)Nc2ccc(N3CCOCC3)c(F)c2)cc1OC. The Kier molecular flexibility index (Phi) is 6.59. The van der Waals surface area contributed by atoms with Gasteiger partial charge in [-0.25, -0.2) is 4.39 Å². The van der Waals surface area contributed by atoms with Gasteiger partial charge in [-0.1, -0.05) is 11.6 Å². The first-order chi connectivity index (χ1) is 13.5. The molecule has 28 heavy (non-hydrogen) atoms. The quantitative estimate of drug-likeness (QED) is 0.783. The Morgan fingerprint density at radius 1 is 1.29 bits per heavy atom. The second kappa shape index (κ2) is 9.12. The summed E-state index contributed by atoms with van der Waals surface area (Å²) >= 11 is 6.21. The minimum atomic E-state index is -0.429. The van der Waals surface area contributed by atoms with Gasteiger partial charge in [0.1, 0.15) is 5.82 Å². The van der Waals surface area contributed by atoms with Crippen LogP contribution in [-0.2, 0) is 4.74 Å². The number of amides is 1. The first-order valence-electron chi connectivity index (χ1n) is 8.97. The van der Waals surface area contributed by atoms with Crippen LogP contribution in [0, 0.1) is 5.82 Å². The fraction of sp³-hybridized carbons (Fsp3) is 0.350. The molecule has 8 heteroatoms. The van der Waals surface area contributed by atoms with Crippen molar-refractivity contribution in [1.29, 1.82) is 0 Å². The van der Waals surface area contributed by atoms with Crippen LogP contribution >= 0.6 is 11.6 Å². The highest BCUT2D eigenvalue weighted by atomic mass is 35.5. The van der Waals surface area contributed by atoms with Gasteiger partial charge in [-0.05, 0) is 37.3 Å². The van der Waals surface area contributed by atoms with Gasteiger partial charge in [-0.3, -0.25) is 4.79 Å². The van der Waals surface area contributed by atoms with E-state index in [0.717, 1.165) is 0 Å². The van der Waals surface area contributed by atoms with Gasteiger partial charge in [0.05, 0.1) is 37.6 Å². The lowest BCUT2D eigenvalue weighted by molar-refractivity contribution is 0.102. The minimum absolute atomic E-state index is 0.264. The average Bonchev–Trinajstić information content (AvgIpc) is 2.70. The smallest absolute Gasteiger partial charge is 0.255 e. The Morgan fingerprint density at radius 2 is 2.04 bits per heavy atom. The van der Waals surface area contributed by atoms with Gasteiger partial charge in [0.25, 0.3) is 5.91 Å². The molecule has 1 saturated heterocycles. The monoisotopic (exact) mass is 408 g/mol. The maximum atomic E-state index is 14.5. The Balaban J connectivity index is 1.77. The molecule has 3 rings (SSSR count). The number of morpholine rings is 1. The van der Waals surface area contributed by atoms with Gasteiger partial charge in [0.2, 0.25) is 0 Å². The number of carbonyl (C=O) groups is 1. The van der Waals surface area contributed by atoms with Gasteiger partial charge in [-0.2, -0.15) is 0 Å². The van der Waals surface area contributed by atoms with E-state index < -0.39 is 11.7 Å². The molecule has 0 aromatic heterocycles. The standard InChI is InChI=1S/C20H22ClFN2O4/c1-3-28-19-15(21)10-13(11-18(19)26-2)20(25)23-14-4-5-17(16(22)12-14)24-6-8-27-9-7-24/h4-5,10-12H,3,6-9H2,1-2H3,(H,23,25). The van der Waals surface area contributed by atoms with Gasteiger partial charge < -0.3 is 24.4 Å². The number of methoxy groups -OCH3 is 1.